The summed E-state index contributed by atoms with van der Waals surface area (Å²) in [5.74, 6) is 0.940. The molecule has 0 aromatic rings. The molecule has 0 aromatic carbocycles. The van der Waals surface area contributed by atoms with Crippen LogP contribution in [0.1, 0.15) is 73.1 Å². The van der Waals surface area contributed by atoms with Crippen LogP contribution in [-0.2, 0) is 19.1 Å². The van der Waals surface area contributed by atoms with Gasteiger partial charge in [0.15, 0.2) is 17.2 Å². The van der Waals surface area contributed by atoms with Crippen molar-refractivity contribution in [2.75, 3.05) is 0 Å². The number of hydrogen-bond donors (Lipinski definition) is 0. The molecule has 2 fully saturated rings. The maximum atomic E-state index is 12.8. The van der Waals surface area contributed by atoms with E-state index in [1.54, 1.807) is 6.92 Å². The van der Waals surface area contributed by atoms with E-state index >= 15 is 0 Å². The zero-order chi connectivity index (χ0) is 20.5. The summed E-state index contributed by atoms with van der Waals surface area (Å²) in [5, 5.41) is 0. The second kappa shape index (κ2) is 6.14. The molecule has 4 nitrogen and oxygen atoms in total. The van der Waals surface area contributed by atoms with Crippen molar-refractivity contribution in [1.29, 1.82) is 0 Å². The van der Waals surface area contributed by atoms with Crippen LogP contribution < -0.4 is 0 Å². The van der Waals surface area contributed by atoms with Gasteiger partial charge < -0.3 is 4.74 Å². The van der Waals surface area contributed by atoms with Gasteiger partial charge in [0.2, 0.25) is 0 Å². The molecule has 2 saturated carbocycles. The van der Waals surface area contributed by atoms with Crippen molar-refractivity contribution < 1.29 is 19.1 Å². The van der Waals surface area contributed by atoms with E-state index in [1.807, 2.05) is 6.08 Å². The Morgan fingerprint density at radius 1 is 1.14 bits per heavy atom. The summed E-state index contributed by atoms with van der Waals surface area (Å²) in [6.07, 6.45) is 9.03. The lowest BCUT2D eigenvalue weighted by molar-refractivity contribution is -0.180. The Balaban J connectivity index is 1.80. The van der Waals surface area contributed by atoms with Gasteiger partial charge in [-0.1, -0.05) is 38.0 Å². The van der Waals surface area contributed by atoms with Crippen LogP contribution in [0.25, 0.3) is 0 Å². The second-order valence-corrected chi connectivity index (χ2v) is 10.0. The van der Waals surface area contributed by atoms with E-state index in [-0.39, 0.29) is 28.4 Å². The number of fused-ring (bicyclic) bond motifs is 5. The van der Waals surface area contributed by atoms with Crippen molar-refractivity contribution in [3.8, 4) is 0 Å². The van der Waals surface area contributed by atoms with Crippen molar-refractivity contribution in [3.05, 3.63) is 23.3 Å². The van der Waals surface area contributed by atoms with Crippen molar-refractivity contribution in [3.63, 3.8) is 0 Å². The quantitative estimate of drug-likeness (QED) is 0.517. The molecule has 0 N–H and O–H groups in total. The summed E-state index contributed by atoms with van der Waals surface area (Å²) in [4.78, 5) is 36.8. The molecule has 0 radical (unpaired) electrons. The van der Waals surface area contributed by atoms with Gasteiger partial charge in [-0.05, 0) is 62.9 Å². The van der Waals surface area contributed by atoms with Gasteiger partial charge in [0, 0.05) is 24.2 Å². The van der Waals surface area contributed by atoms with Crippen LogP contribution in [0.3, 0.4) is 0 Å². The Hall–Kier alpha value is -1.71. The van der Waals surface area contributed by atoms with Crippen LogP contribution in [0.5, 0.6) is 0 Å². The monoisotopic (exact) mass is 384 g/mol. The molecule has 0 aromatic heterocycles. The minimum atomic E-state index is -1.01. The first kappa shape index (κ1) is 19.6. The molecule has 0 aliphatic heterocycles. The smallest absolute Gasteiger partial charge is 0.303 e. The highest BCUT2D eigenvalue weighted by Gasteiger charge is 2.66. The fourth-order valence-electron chi connectivity index (χ4n) is 7.33. The molecule has 0 saturated heterocycles. The predicted octanol–water partition coefficient (Wildman–Crippen LogP) is 4.58. The number of Topliss-reactive ketones (excluding diaryl/α,β-unsaturated/α-hetero) is 1. The standard InChI is InChI=1S/C24H32O4/c1-14-12-18-19(22(4)9-6-17(27)13-21(14)22)7-10-23(5)20(18)8-11-24(23,15(2)25)28-16(3)26/h7,13-14,18,20H,6,8-12H2,1-5H3/t14-,18?,20?,22+,23-,24-/m0/s1. The first-order valence-electron chi connectivity index (χ1n) is 10.7. The average molecular weight is 385 g/mol. The van der Waals surface area contributed by atoms with Gasteiger partial charge in [0.1, 0.15) is 0 Å². The van der Waals surface area contributed by atoms with Gasteiger partial charge in [0.25, 0.3) is 0 Å². The van der Waals surface area contributed by atoms with Gasteiger partial charge in [-0.25, -0.2) is 0 Å². The zero-order valence-corrected chi connectivity index (χ0v) is 17.8. The van der Waals surface area contributed by atoms with Crippen LogP contribution in [0.4, 0.5) is 0 Å². The number of carbonyl (C=O) groups is 3. The molecular weight excluding hydrogens is 352 g/mol. The molecule has 0 bridgehead atoms. The van der Waals surface area contributed by atoms with Gasteiger partial charge >= 0.3 is 5.97 Å². The fourth-order valence-corrected chi connectivity index (χ4v) is 7.33. The third-order valence-corrected chi connectivity index (χ3v) is 8.67. The highest BCUT2D eigenvalue weighted by atomic mass is 16.6. The number of carbonyl (C=O) groups excluding carboxylic acids is 3. The van der Waals surface area contributed by atoms with Crippen molar-refractivity contribution in [2.24, 2.45) is 28.6 Å². The van der Waals surface area contributed by atoms with Crippen LogP contribution >= 0.6 is 0 Å². The van der Waals surface area contributed by atoms with Gasteiger partial charge in [0.05, 0.1) is 0 Å². The lowest BCUT2D eigenvalue weighted by Gasteiger charge is -2.56. The topological polar surface area (TPSA) is 60.4 Å². The molecule has 4 aliphatic rings. The molecule has 0 amide bonds. The number of allylic oxidation sites excluding steroid dienone is 4. The summed E-state index contributed by atoms with van der Waals surface area (Å²) in [6.45, 7) is 9.69. The minimum absolute atomic E-state index is 0.0246. The average Bonchev–Trinajstić information content (AvgIpc) is 2.90. The summed E-state index contributed by atoms with van der Waals surface area (Å²) < 4.78 is 5.81. The number of rotatable bonds is 2. The molecule has 0 spiro atoms. The summed E-state index contributed by atoms with van der Waals surface area (Å²) >= 11 is 0. The molecule has 28 heavy (non-hydrogen) atoms. The Morgan fingerprint density at radius 2 is 1.86 bits per heavy atom. The molecule has 4 aliphatic carbocycles. The number of esters is 1. The predicted molar refractivity (Wildman–Crippen MR) is 106 cm³/mol. The van der Waals surface area contributed by atoms with E-state index in [0.29, 0.717) is 30.6 Å². The lowest BCUT2D eigenvalue weighted by Crippen LogP contribution is -2.56. The van der Waals surface area contributed by atoms with E-state index in [1.165, 1.54) is 18.1 Å². The summed E-state index contributed by atoms with van der Waals surface area (Å²) in [5.41, 5.74) is 1.36. The van der Waals surface area contributed by atoms with Crippen molar-refractivity contribution in [1.82, 2.24) is 0 Å². The number of ketones is 2. The van der Waals surface area contributed by atoms with Crippen molar-refractivity contribution >= 4 is 17.5 Å². The SMILES string of the molecule is CC(=O)O[C@]1(C(C)=O)CCC2C3C[C@H](C)C4=CC(=O)CC[C@]4(C)C3=CC[C@@]21C. The molecule has 0 heterocycles. The van der Waals surface area contributed by atoms with Gasteiger partial charge in [-0.3, -0.25) is 14.4 Å². The summed E-state index contributed by atoms with van der Waals surface area (Å²) in [6, 6.07) is 0. The largest absolute Gasteiger partial charge is 0.451 e. The normalized spacial score (nSPS) is 44.6. The van der Waals surface area contributed by atoms with E-state index < -0.39 is 5.60 Å². The second-order valence-electron chi connectivity index (χ2n) is 10.0. The van der Waals surface area contributed by atoms with E-state index in [4.69, 9.17) is 4.74 Å². The first-order chi connectivity index (χ1) is 13.0. The Bertz CT molecular complexity index is 820. The first-order valence-corrected chi connectivity index (χ1v) is 10.7. The van der Waals surface area contributed by atoms with Crippen molar-refractivity contribution in [2.45, 2.75) is 78.7 Å². The molecular formula is C24H32O4. The van der Waals surface area contributed by atoms with E-state index in [0.717, 1.165) is 25.7 Å². The fraction of sp³-hybridized carbons (Fsp3) is 0.708. The van der Waals surface area contributed by atoms with Crippen LogP contribution in [-0.4, -0.2) is 23.1 Å². The van der Waals surface area contributed by atoms with E-state index in [9.17, 15) is 14.4 Å². The summed E-state index contributed by atoms with van der Waals surface area (Å²) in [7, 11) is 0. The maximum Gasteiger partial charge on any atom is 0.303 e. The Kier molecular flexibility index (Phi) is 4.30. The minimum Gasteiger partial charge on any atom is -0.451 e. The molecule has 2 unspecified atom stereocenters. The number of hydrogen-bond acceptors (Lipinski definition) is 4. The Labute approximate surface area is 167 Å². The molecule has 152 valence electrons. The van der Waals surface area contributed by atoms with Crippen LogP contribution in [0.15, 0.2) is 23.3 Å². The zero-order valence-electron chi connectivity index (χ0n) is 17.8. The lowest BCUT2D eigenvalue weighted by atomic mass is 9.49. The highest BCUT2D eigenvalue weighted by Crippen LogP contribution is 2.67. The van der Waals surface area contributed by atoms with Gasteiger partial charge in [-0.15, -0.1) is 0 Å². The highest BCUT2D eigenvalue weighted by molar-refractivity contribution is 5.92. The van der Waals surface area contributed by atoms with Gasteiger partial charge in [-0.2, -0.15) is 0 Å². The third-order valence-electron chi connectivity index (χ3n) is 8.67. The Morgan fingerprint density at radius 3 is 2.50 bits per heavy atom. The van der Waals surface area contributed by atoms with Crippen LogP contribution in [0, 0.1) is 28.6 Å². The van der Waals surface area contributed by atoms with E-state index in [2.05, 4.69) is 26.8 Å². The number of ether oxygens (including phenoxy) is 1. The van der Waals surface area contributed by atoms with Crippen LogP contribution in [0.2, 0.25) is 0 Å². The molecule has 4 rings (SSSR count). The molecule has 4 heteroatoms. The molecule has 6 atom stereocenters. The third kappa shape index (κ3) is 2.39. The maximum absolute atomic E-state index is 12.8.